The van der Waals surface area contributed by atoms with Gasteiger partial charge < -0.3 is 10.5 Å². The largest absolute Gasteiger partial charge is 0.461 e. The topological polar surface area (TPSA) is 86.5 Å². The molecule has 6 heteroatoms. The number of rotatable bonds is 5. The van der Waals surface area contributed by atoms with Crippen LogP contribution in [0.25, 0.3) is 0 Å². The molecule has 0 aromatic heterocycles. The summed E-state index contributed by atoms with van der Waals surface area (Å²) in [5.41, 5.74) is 7.16. The van der Waals surface area contributed by atoms with E-state index >= 15 is 0 Å². The molecule has 0 unspecified atom stereocenters. The van der Waals surface area contributed by atoms with Crippen molar-refractivity contribution in [2.45, 2.75) is 13.8 Å². The van der Waals surface area contributed by atoms with Crippen LogP contribution in [0.1, 0.15) is 22.8 Å². The number of aryl methyl sites for hydroxylation is 1. The summed E-state index contributed by atoms with van der Waals surface area (Å²) in [5, 5.41) is 0. The van der Waals surface area contributed by atoms with Crippen LogP contribution in [0, 0.1) is 6.92 Å². The number of hydrogen-bond donors (Lipinski definition) is 1. The molecule has 1 rings (SSSR count). The molecule has 0 atom stereocenters. The fraction of sp³-hybridized carbons (Fsp3) is 0.417. The Kier molecular flexibility index (Phi) is 4.72. The molecular weight excluding hydrogens is 254 g/mol. The van der Waals surface area contributed by atoms with Crippen LogP contribution in [-0.2, 0) is 14.6 Å². The zero-order valence-electron chi connectivity index (χ0n) is 10.5. The SMILES string of the molecule is CCS(=O)(=O)CCOC(=O)c1cccc(C)c1N. The van der Waals surface area contributed by atoms with Crippen molar-refractivity contribution in [1.82, 2.24) is 0 Å². The van der Waals surface area contributed by atoms with Gasteiger partial charge in [0.25, 0.3) is 0 Å². The number of ether oxygens (including phenoxy) is 1. The lowest BCUT2D eigenvalue weighted by Gasteiger charge is -2.08. The van der Waals surface area contributed by atoms with Crippen molar-refractivity contribution in [3.05, 3.63) is 29.3 Å². The van der Waals surface area contributed by atoms with Crippen LogP contribution in [0.4, 0.5) is 5.69 Å². The molecule has 0 spiro atoms. The number of nitrogen functional groups attached to an aromatic ring is 1. The molecule has 0 aliphatic heterocycles. The molecule has 5 nitrogen and oxygen atoms in total. The minimum atomic E-state index is -3.12. The van der Waals surface area contributed by atoms with E-state index in [4.69, 9.17) is 10.5 Å². The number of sulfone groups is 1. The zero-order chi connectivity index (χ0) is 13.8. The molecular formula is C12H17NO4S. The molecule has 0 fully saturated rings. The molecule has 0 saturated heterocycles. The number of benzene rings is 1. The van der Waals surface area contributed by atoms with Crippen LogP contribution in [0.2, 0.25) is 0 Å². The van der Waals surface area contributed by atoms with E-state index in [1.54, 1.807) is 32.0 Å². The van der Waals surface area contributed by atoms with Crippen molar-refractivity contribution in [2.24, 2.45) is 0 Å². The van der Waals surface area contributed by atoms with Crippen LogP contribution < -0.4 is 5.73 Å². The van der Waals surface area contributed by atoms with E-state index in [1.807, 2.05) is 0 Å². The minimum absolute atomic E-state index is 0.0388. The molecule has 1 aromatic carbocycles. The summed E-state index contributed by atoms with van der Waals surface area (Å²) in [6.07, 6.45) is 0. The Morgan fingerprint density at radius 1 is 1.39 bits per heavy atom. The van der Waals surface area contributed by atoms with Gasteiger partial charge in [0.05, 0.1) is 11.3 Å². The highest BCUT2D eigenvalue weighted by Crippen LogP contribution is 2.17. The number of esters is 1. The smallest absolute Gasteiger partial charge is 0.340 e. The highest BCUT2D eigenvalue weighted by atomic mass is 32.2. The molecule has 0 aliphatic rings. The van der Waals surface area contributed by atoms with E-state index < -0.39 is 15.8 Å². The third-order valence-electron chi connectivity index (χ3n) is 2.61. The molecule has 0 radical (unpaired) electrons. The van der Waals surface area contributed by atoms with Crippen molar-refractivity contribution < 1.29 is 17.9 Å². The first-order valence-corrected chi connectivity index (χ1v) is 7.42. The van der Waals surface area contributed by atoms with E-state index in [-0.39, 0.29) is 23.7 Å². The van der Waals surface area contributed by atoms with Gasteiger partial charge in [-0.2, -0.15) is 0 Å². The van der Waals surface area contributed by atoms with Gasteiger partial charge >= 0.3 is 5.97 Å². The maximum absolute atomic E-state index is 11.7. The number of hydrogen-bond acceptors (Lipinski definition) is 5. The molecule has 18 heavy (non-hydrogen) atoms. The zero-order valence-corrected chi connectivity index (χ0v) is 11.3. The first-order valence-electron chi connectivity index (χ1n) is 5.60. The van der Waals surface area contributed by atoms with Gasteiger partial charge in [0.15, 0.2) is 9.84 Å². The van der Waals surface area contributed by atoms with Crippen molar-refractivity contribution in [1.29, 1.82) is 0 Å². The molecule has 2 N–H and O–H groups in total. The van der Waals surface area contributed by atoms with Gasteiger partial charge in [0, 0.05) is 11.4 Å². The second-order valence-corrected chi connectivity index (χ2v) is 6.38. The fourth-order valence-corrected chi connectivity index (χ4v) is 1.97. The van der Waals surface area contributed by atoms with Gasteiger partial charge in [-0.05, 0) is 18.6 Å². The fourth-order valence-electron chi connectivity index (χ4n) is 1.34. The number of para-hydroxylation sites is 1. The van der Waals surface area contributed by atoms with Crippen LogP contribution >= 0.6 is 0 Å². The van der Waals surface area contributed by atoms with Gasteiger partial charge in [-0.3, -0.25) is 0 Å². The Morgan fingerprint density at radius 2 is 2.06 bits per heavy atom. The van der Waals surface area contributed by atoms with E-state index in [0.717, 1.165) is 5.56 Å². The maximum atomic E-state index is 11.7. The van der Waals surface area contributed by atoms with Gasteiger partial charge in [-0.15, -0.1) is 0 Å². The van der Waals surface area contributed by atoms with Crippen molar-refractivity contribution >= 4 is 21.5 Å². The molecule has 100 valence electrons. The molecule has 0 heterocycles. The summed E-state index contributed by atoms with van der Waals surface area (Å²) < 4.78 is 27.3. The Balaban J connectivity index is 2.64. The second kappa shape index (κ2) is 5.86. The minimum Gasteiger partial charge on any atom is -0.461 e. The van der Waals surface area contributed by atoms with Crippen molar-refractivity contribution in [3.8, 4) is 0 Å². The Morgan fingerprint density at radius 3 is 2.67 bits per heavy atom. The summed E-state index contributed by atoms with van der Waals surface area (Å²) in [4.78, 5) is 11.7. The average Bonchev–Trinajstić information content (AvgIpc) is 2.32. The number of carbonyl (C=O) groups excluding carboxylic acids is 1. The average molecular weight is 271 g/mol. The molecule has 1 aromatic rings. The highest BCUT2D eigenvalue weighted by molar-refractivity contribution is 7.91. The van der Waals surface area contributed by atoms with Crippen molar-refractivity contribution in [2.75, 3.05) is 23.8 Å². The van der Waals surface area contributed by atoms with Crippen LogP contribution in [0.5, 0.6) is 0 Å². The van der Waals surface area contributed by atoms with Crippen LogP contribution in [0.15, 0.2) is 18.2 Å². The lowest BCUT2D eigenvalue weighted by atomic mass is 10.1. The Hall–Kier alpha value is -1.56. The van der Waals surface area contributed by atoms with Crippen LogP contribution in [-0.4, -0.2) is 32.5 Å². The van der Waals surface area contributed by atoms with Crippen LogP contribution in [0.3, 0.4) is 0 Å². The predicted octanol–water partition coefficient (Wildman–Crippen LogP) is 1.17. The summed E-state index contributed by atoms with van der Waals surface area (Å²) in [6, 6.07) is 5.04. The van der Waals surface area contributed by atoms with E-state index in [9.17, 15) is 13.2 Å². The molecule has 0 saturated carbocycles. The van der Waals surface area contributed by atoms with E-state index in [1.165, 1.54) is 0 Å². The van der Waals surface area contributed by atoms with E-state index in [2.05, 4.69) is 0 Å². The third kappa shape index (κ3) is 3.73. The van der Waals surface area contributed by atoms with Gasteiger partial charge in [-0.1, -0.05) is 19.1 Å². The Labute approximate surface area is 107 Å². The Bertz CT molecular complexity index is 537. The predicted molar refractivity (Wildman–Crippen MR) is 70.2 cm³/mol. The van der Waals surface area contributed by atoms with Gasteiger partial charge in [0.2, 0.25) is 0 Å². The summed E-state index contributed by atoms with van der Waals surface area (Å²) in [7, 11) is -3.12. The normalized spacial score (nSPS) is 11.2. The standard InChI is InChI=1S/C12H17NO4S/c1-3-18(15,16)8-7-17-12(14)10-6-4-5-9(2)11(10)13/h4-6H,3,7-8,13H2,1-2H3. The molecule has 0 bridgehead atoms. The summed E-state index contributed by atoms with van der Waals surface area (Å²) in [6.45, 7) is 3.19. The molecule has 0 amide bonds. The molecule has 0 aliphatic carbocycles. The summed E-state index contributed by atoms with van der Waals surface area (Å²) in [5.74, 6) is -0.722. The number of nitrogens with two attached hydrogens (primary N) is 1. The van der Waals surface area contributed by atoms with Crippen molar-refractivity contribution in [3.63, 3.8) is 0 Å². The summed E-state index contributed by atoms with van der Waals surface area (Å²) >= 11 is 0. The maximum Gasteiger partial charge on any atom is 0.340 e. The monoisotopic (exact) mass is 271 g/mol. The first-order chi connectivity index (χ1) is 8.37. The number of carbonyl (C=O) groups is 1. The van der Waals surface area contributed by atoms with E-state index in [0.29, 0.717) is 5.69 Å². The van der Waals surface area contributed by atoms with Gasteiger partial charge in [0.1, 0.15) is 6.61 Å². The first kappa shape index (κ1) is 14.5. The lowest BCUT2D eigenvalue weighted by Crippen LogP contribution is -2.17. The number of anilines is 1. The third-order valence-corrected chi connectivity index (χ3v) is 4.28. The highest BCUT2D eigenvalue weighted by Gasteiger charge is 2.14. The van der Waals surface area contributed by atoms with Gasteiger partial charge in [-0.25, -0.2) is 13.2 Å². The lowest BCUT2D eigenvalue weighted by molar-refractivity contribution is 0.0530. The quantitative estimate of drug-likeness (QED) is 0.641. The second-order valence-electron chi connectivity index (χ2n) is 3.91.